The number of nitrogens with one attached hydrogen (secondary N) is 2. The number of carbonyl (C=O) groups is 2. The van der Waals surface area contributed by atoms with Crippen LogP contribution in [0.1, 0.15) is 26.3 Å². The molecule has 2 N–H and O–H groups in total. The van der Waals surface area contributed by atoms with Crippen LogP contribution in [-0.4, -0.2) is 24.0 Å². The largest absolute Gasteiger partial charge is 0.465 e. The molecule has 1 amide bonds. The fourth-order valence-corrected chi connectivity index (χ4v) is 1.75. The topological polar surface area (TPSA) is 88.3 Å². The van der Waals surface area contributed by atoms with Crippen LogP contribution in [0.15, 0.2) is 47.5 Å². The number of methoxy groups -OCH3 is 1. The molecule has 0 aliphatic rings. The van der Waals surface area contributed by atoms with Gasteiger partial charge >= 0.3 is 5.97 Å². The van der Waals surface area contributed by atoms with Crippen molar-refractivity contribution in [3.05, 3.63) is 69.6 Å². The zero-order valence-corrected chi connectivity index (χ0v) is 11.4. The van der Waals surface area contributed by atoms with Gasteiger partial charge in [0.2, 0.25) is 0 Å². The number of amides is 1. The van der Waals surface area contributed by atoms with E-state index in [1.54, 1.807) is 24.3 Å². The predicted octanol–water partition coefficient (Wildman–Crippen LogP) is 1.09. The van der Waals surface area contributed by atoms with E-state index in [0.29, 0.717) is 5.56 Å². The Kier molecular flexibility index (Phi) is 4.50. The summed E-state index contributed by atoms with van der Waals surface area (Å²) in [7, 11) is 1.31. The van der Waals surface area contributed by atoms with E-state index in [1.807, 2.05) is 0 Å². The molecule has 108 valence electrons. The molecule has 6 nitrogen and oxygen atoms in total. The van der Waals surface area contributed by atoms with Crippen molar-refractivity contribution in [2.24, 2.45) is 0 Å². The summed E-state index contributed by atoms with van der Waals surface area (Å²) in [6.45, 7) is 0.259. The number of benzene rings is 1. The summed E-state index contributed by atoms with van der Waals surface area (Å²) in [6.07, 6.45) is 2.82. The van der Waals surface area contributed by atoms with E-state index >= 15 is 0 Å². The summed E-state index contributed by atoms with van der Waals surface area (Å²) >= 11 is 0. The van der Waals surface area contributed by atoms with Crippen molar-refractivity contribution in [2.45, 2.75) is 6.54 Å². The highest BCUT2D eigenvalue weighted by molar-refractivity contribution is 5.93. The lowest BCUT2D eigenvalue weighted by Crippen LogP contribution is -2.27. The normalized spacial score (nSPS) is 9.95. The third kappa shape index (κ3) is 3.56. The maximum Gasteiger partial charge on any atom is 0.337 e. The Labute approximate surface area is 120 Å². The number of esters is 1. The van der Waals surface area contributed by atoms with Gasteiger partial charge in [-0.05, 0) is 17.7 Å². The Bertz CT molecular complexity index is 704. The van der Waals surface area contributed by atoms with Crippen molar-refractivity contribution in [3.8, 4) is 0 Å². The molecule has 0 unspecified atom stereocenters. The van der Waals surface area contributed by atoms with Gasteiger partial charge in [0.05, 0.1) is 12.7 Å². The highest BCUT2D eigenvalue weighted by atomic mass is 16.5. The monoisotopic (exact) mass is 286 g/mol. The van der Waals surface area contributed by atoms with E-state index in [2.05, 4.69) is 15.0 Å². The van der Waals surface area contributed by atoms with Crippen LogP contribution in [0.2, 0.25) is 0 Å². The van der Waals surface area contributed by atoms with E-state index < -0.39 is 11.9 Å². The fourth-order valence-electron chi connectivity index (χ4n) is 1.75. The minimum Gasteiger partial charge on any atom is -0.465 e. The number of aromatic amines is 1. The molecular formula is C15H14N2O4. The zero-order chi connectivity index (χ0) is 15.2. The van der Waals surface area contributed by atoms with E-state index in [4.69, 9.17) is 0 Å². The molecule has 2 aromatic rings. The van der Waals surface area contributed by atoms with Gasteiger partial charge in [0, 0.05) is 25.0 Å². The van der Waals surface area contributed by atoms with Gasteiger partial charge in [0.25, 0.3) is 5.91 Å². The van der Waals surface area contributed by atoms with Crippen LogP contribution in [0.4, 0.5) is 0 Å². The lowest BCUT2D eigenvalue weighted by Gasteiger charge is -2.05. The van der Waals surface area contributed by atoms with Crippen molar-refractivity contribution in [1.82, 2.24) is 10.3 Å². The molecule has 2 rings (SSSR count). The molecule has 0 aliphatic carbocycles. The second-order valence-electron chi connectivity index (χ2n) is 4.29. The molecule has 0 saturated carbocycles. The molecule has 1 aromatic heterocycles. The average molecular weight is 286 g/mol. The maximum absolute atomic E-state index is 11.9. The van der Waals surface area contributed by atoms with Gasteiger partial charge in [0.15, 0.2) is 5.43 Å². The summed E-state index contributed by atoms with van der Waals surface area (Å²) in [4.78, 5) is 37.3. The van der Waals surface area contributed by atoms with E-state index in [-0.39, 0.29) is 17.5 Å². The smallest absolute Gasteiger partial charge is 0.337 e. The van der Waals surface area contributed by atoms with Crippen LogP contribution in [0.5, 0.6) is 0 Å². The number of rotatable bonds is 4. The Hall–Kier alpha value is -2.89. The minimum atomic E-state index is -0.450. The predicted molar refractivity (Wildman–Crippen MR) is 76.0 cm³/mol. The van der Waals surface area contributed by atoms with Gasteiger partial charge in [-0.2, -0.15) is 0 Å². The Morgan fingerprint density at radius 2 is 1.90 bits per heavy atom. The van der Waals surface area contributed by atoms with Crippen molar-refractivity contribution in [3.63, 3.8) is 0 Å². The first kappa shape index (κ1) is 14.5. The van der Waals surface area contributed by atoms with E-state index in [0.717, 1.165) is 5.56 Å². The number of hydrogen-bond donors (Lipinski definition) is 2. The average Bonchev–Trinajstić information content (AvgIpc) is 2.52. The van der Waals surface area contributed by atoms with Crippen molar-refractivity contribution >= 4 is 11.9 Å². The van der Waals surface area contributed by atoms with Gasteiger partial charge in [0.1, 0.15) is 5.56 Å². The lowest BCUT2D eigenvalue weighted by molar-refractivity contribution is 0.0600. The molecule has 0 saturated heterocycles. The maximum atomic E-state index is 11.9. The summed E-state index contributed by atoms with van der Waals surface area (Å²) in [5.41, 5.74) is 0.964. The number of ether oxygens (including phenoxy) is 1. The number of hydrogen-bond acceptors (Lipinski definition) is 4. The molecule has 21 heavy (non-hydrogen) atoms. The number of H-pyrrole nitrogens is 1. The van der Waals surface area contributed by atoms with Gasteiger partial charge in [-0.15, -0.1) is 0 Å². The second kappa shape index (κ2) is 6.51. The van der Waals surface area contributed by atoms with Crippen LogP contribution in [0.3, 0.4) is 0 Å². The quantitative estimate of drug-likeness (QED) is 0.824. The molecular weight excluding hydrogens is 272 g/mol. The van der Waals surface area contributed by atoms with Gasteiger partial charge in [-0.1, -0.05) is 12.1 Å². The molecule has 6 heteroatoms. The summed E-state index contributed by atoms with van der Waals surface area (Å²) in [5, 5.41) is 2.64. The third-order valence-corrected chi connectivity index (χ3v) is 2.90. The Balaban J connectivity index is 2.00. The summed E-state index contributed by atoms with van der Waals surface area (Å²) in [6, 6.07) is 7.94. The molecule has 0 fully saturated rings. The molecule has 0 aliphatic heterocycles. The first-order chi connectivity index (χ1) is 10.1. The Morgan fingerprint density at radius 1 is 1.19 bits per heavy atom. The first-order valence-corrected chi connectivity index (χ1v) is 6.24. The van der Waals surface area contributed by atoms with E-state index in [9.17, 15) is 14.4 Å². The van der Waals surface area contributed by atoms with Gasteiger partial charge in [-0.3, -0.25) is 9.59 Å². The SMILES string of the molecule is COC(=O)c1ccc(CNC(=O)c2c[nH]ccc2=O)cc1. The minimum absolute atomic E-state index is 0.0590. The number of aromatic nitrogens is 1. The number of pyridine rings is 1. The molecule has 0 bridgehead atoms. The standard InChI is InChI=1S/C15H14N2O4/c1-21-15(20)11-4-2-10(3-5-11)8-17-14(19)12-9-16-7-6-13(12)18/h2-7,9H,8H2,1H3,(H,16,18)(H,17,19). The van der Waals surface area contributed by atoms with Crippen molar-refractivity contribution in [1.29, 1.82) is 0 Å². The lowest BCUT2D eigenvalue weighted by atomic mass is 10.1. The highest BCUT2D eigenvalue weighted by Gasteiger charge is 2.09. The van der Waals surface area contributed by atoms with E-state index in [1.165, 1.54) is 25.6 Å². The Morgan fingerprint density at radius 3 is 2.52 bits per heavy atom. The molecule has 1 heterocycles. The van der Waals surface area contributed by atoms with Crippen molar-refractivity contribution < 1.29 is 14.3 Å². The van der Waals surface area contributed by atoms with Crippen LogP contribution < -0.4 is 10.7 Å². The van der Waals surface area contributed by atoms with Crippen LogP contribution in [0, 0.1) is 0 Å². The van der Waals surface area contributed by atoms with Crippen LogP contribution in [-0.2, 0) is 11.3 Å². The molecule has 0 atom stereocenters. The first-order valence-electron chi connectivity index (χ1n) is 6.24. The fraction of sp³-hybridized carbons (Fsp3) is 0.133. The summed E-state index contributed by atoms with van der Waals surface area (Å²) < 4.78 is 4.60. The zero-order valence-electron chi connectivity index (χ0n) is 11.4. The molecule has 0 radical (unpaired) electrons. The number of carbonyl (C=O) groups excluding carboxylic acids is 2. The second-order valence-corrected chi connectivity index (χ2v) is 4.29. The van der Waals surface area contributed by atoms with Crippen LogP contribution >= 0.6 is 0 Å². The van der Waals surface area contributed by atoms with Crippen LogP contribution in [0.25, 0.3) is 0 Å². The summed E-state index contributed by atoms with van der Waals surface area (Å²) in [5.74, 6) is -0.865. The highest BCUT2D eigenvalue weighted by Crippen LogP contribution is 2.05. The van der Waals surface area contributed by atoms with Gasteiger partial charge in [-0.25, -0.2) is 4.79 Å². The third-order valence-electron chi connectivity index (χ3n) is 2.90. The van der Waals surface area contributed by atoms with Crippen molar-refractivity contribution in [2.75, 3.05) is 7.11 Å². The molecule has 0 spiro atoms. The molecule has 1 aromatic carbocycles. The van der Waals surface area contributed by atoms with Gasteiger partial charge < -0.3 is 15.0 Å².